The number of carbonyl (C=O) groups is 2. The number of carbonyl (C=O) groups excluding carboxylic acids is 2. The van der Waals surface area contributed by atoms with Crippen LogP contribution >= 0.6 is 0 Å². The summed E-state index contributed by atoms with van der Waals surface area (Å²) in [6.07, 6.45) is 2.64. The van der Waals surface area contributed by atoms with Gasteiger partial charge in [-0.15, -0.1) is 0 Å². The fourth-order valence-electron chi connectivity index (χ4n) is 2.56. The van der Waals surface area contributed by atoms with Crippen molar-refractivity contribution in [2.75, 3.05) is 16.6 Å². The highest BCUT2D eigenvalue weighted by molar-refractivity contribution is 7.92. The van der Waals surface area contributed by atoms with E-state index >= 15 is 0 Å². The van der Waals surface area contributed by atoms with Gasteiger partial charge in [-0.2, -0.15) is 0 Å². The van der Waals surface area contributed by atoms with Crippen molar-refractivity contribution >= 4 is 33.2 Å². The lowest BCUT2D eigenvalue weighted by Crippen LogP contribution is -2.20. The molecule has 0 aliphatic carbocycles. The van der Waals surface area contributed by atoms with Gasteiger partial charge in [-0.05, 0) is 55.3 Å². The van der Waals surface area contributed by atoms with E-state index in [0.717, 1.165) is 18.9 Å². The van der Waals surface area contributed by atoms with E-state index in [2.05, 4.69) is 15.4 Å². The van der Waals surface area contributed by atoms with Gasteiger partial charge in [-0.3, -0.25) is 14.3 Å². The van der Waals surface area contributed by atoms with Gasteiger partial charge in [0.15, 0.2) is 0 Å². The summed E-state index contributed by atoms with van der Waals surface area (Å²) in [5.74, 6) is -0.782. The van der Waals surface area contributed by atoms with Crippen LogP contribution < -0.4 is 15.4 Å². The summed E-state index contributed by atoms with van der Waals surface area (Å²) in [6.45, 7) is 2.05. The smallest absolute Gasteiger partial charge is 0.261 e. The van der Waals surface area contributed by atoms with Crippen molar-refractivity contribution in [1.82, 2.24) is 5.32 Å². The molecule has 0 aliphatic rings. The Morgan fingerprint density at radius 1 is 0.966 bits per heavy atom. The van der Waals surface area contributed by atoms with E-state index in [-0.39, 0.29) is 22.4 Å². The molecule has 0 bridgehead atoms. The van der Waals surface area contributed by atoms with Crippen molar-refractivity contribution < 1.29 is 22.4 Å². The maximum Gasteiger partial charge on any atom is 0.261 e. The molecule has 0 radical (unpaired) electrons. The molecule has 29 heavy (non-hydrogen) atoms. The maximum absolute atomic E-state index is 13.2. The Bertz CT molecular complexity index is 946. The number of sulfonamides is 1. The predicted octanol–water partition coefficient (Wildman–Crippen LogP) is 3.26. The molecular weight excluding hydrogens is 397 g/mol. The molecule has 9 heteroatoms. The van der Waals surface area contributed by atoms with Crippen LogP contribution in [0.25, 0.3) is 0 Å². The van der Waals surface area contributed by atoms with E-state index in [0.29, 0.717) is 25.1 Å². The lowest BCUT2D eigenvalue weighted by molar-refractivity contribution is -0.119. The largest absolute Gasteiger partial charge is 0.356 e. The van der Waals surface area contributed by atoms with E-state index in [4.69, 9.17) is 0 Å². The minimum absolute atomic E-state index is 0.00210. The maximum atomic E-state index is 13.2. The minimum Gasteiger partial charge on any atom is -0.356 e. The summed E-state index contributed by atoms with van der Waals surface area (Å²) >= 11 is 0. The Labute approximate surface area is 169 Å². The van der Waals surface area contributed by atoms with Gasteiger partial charge in [0.25, 0.3) is 10.0 Å². The van der Waals surface area contributed by atoms with Crippen LogP contribution in [0.3, 0.4) is 0 Å². The Morgan fingerprint density at radius 3 is 2.34 bits per heavy atom. The molecule has 7 nitrogen and oxygen atoms in total. The normalized spacial score (nSPS) is 11.0. The third-order valence-corrected chi connectivity index (χ3v) is 5.38. The number of nitrogens with one attached hydrogen (secondary N) is 3. The van der Waals surface area contributed by atoms with Crippen LogP contribution in [0.4, 0.5) is 15.8 Å². The Morgan fingerprint density at radius 2 is 1.69 bits per heavy atom. The van der Waals surface area contributed by atoms with Gasteiger partial charge in [0.2, 0.25) is 11.8 Å². The molecule has 0 aliphatic heterocycles. The summed E-state index contributed by atoms with van der Waals surface area (Å²) in [7, 11) is -3.86. The zero-order valence-electron chi connectivity index (χ0n) is 16.1. The van der Waals surface area contributed by atoms with E-state index < -0.39 is 15.8 Å². The summed E-state index contributed by atoms with van der Waals surface area (Å²) in [4.78, 5) is 22.7. The van der Waals surface area contributed by atoms with Crippen molar-refractivity contribution in [3.8, 4) is 0 Å². The van der Waals surface area contributed by atoms with Crippen molar-refractivity contribution in [2.45, 2.75) is 37.5 Å². The molecule has 0 saturated heterocycles. The lowest BCUT2D eigenvalue weighted by Gasteiger charge is -2.10. The second kappa shape index (κ2) is 10.6. The lowest BCUT2D eigenvalue weighted by atomic mass is 10.2. The number of anilines is 2. The molecule has 0 aromatic heterocycles. The highest BCUT2D eigenvalue weighted by Gasteiger charge is 2.14. The van der Waals surface area contributed by atoms with Crippen molar-refractivity contribution in [3.63, 3.8) is 0 Å². The number of amides is 2. The van der Waals surface area contributed by atoms with Gasteiger partial charge in [0, 0.05) is 25.6 Å². The van der Waals surface area contributed by atoms with Gasteiger partial charge >= 0.3 is 0 Å². The van der Waals surface area contributed by atoms with Crippen molar-refractivity contribution in [2.24, 2.45) is 0 Å². The van der Waals surface area contributed by atoms with Crippen molar-refractivity contribution in [3.05, 3.63) is 54.3 Å². The second-order valence-corrected chi connectivity index (χ2v) is 8.16. The number of unbranched alkanes of at least 4 members (excludes halogenated alkanes) is 2. The number of benzene rings is 2. The molecule has 2 aromatic carbocycles. The quantitative estimate of drug-likeness (QED) is 0.512. The first-order valence-corrected chi connectivity index (χ1v) is 10.7. The zero-order valence-corrected chi connectivity index (χ0v) is 16.9. The first-order valence-electron chi connectivity index (χ1n) is 9.19. The van der Waals surface area contributed by atoms with E-state index in [9.17, 15) is 22.4 Å². The molecule has 0 heterocycles. The van der Waals surface area contributed by atoms with Crippen LogP contribution in [0, 0.1) is 5.82 Å². The van der Waals surface area contributed by atoms with Crippen LogP contribution in [0.1, 0.15) is 32.6 Å². The molecule has 2 aromatic rings. The van der Waals surface area contributed by atoms with Crippen LogP contribution in [0.5, 0.6) is 0 Å². The molecule has 2 amide bonds. The first-order chi connectivity index (χ1) is 13.8. The summed E-state index contributed by atoms with van der Waals surface area (Å²) in [6, 6.07) is 10.9. The van der Waals surface area contributed by atoms with Crippen LogP contribution in [-0.2, 0) is 19.6 Å². The number of rotatable bonds is 10. The van der Waals surface area contributed by atoms with E-state index in [1.807, 2.05) is 0 Å². The Kier molecular flexibility index (Phi) is 8.14. The number of hydrogen-bond acceptors (Lipinski definition) is 4. The highest BCUT2D eigenvalue weighted by Crippen LogP contribution is 2.19. The topological polar surface area (TPSA) is 104 Å². The summed E-state index contributed by atoms with van der Waals surface area (Å²) < 4.78 is 40.3. The van der Waals surface area contributed by atoms with Gasteiger partial charge in [0.1, 0.15) is 5.82 Å². The van der Waals surface area contributed by atoms with Crippen molar-refractivity contribution in [1.29, 1.82) is 0 Å². The first kappa shape index (κ1) is 22.4. The SMILES string of the molecule is CC(=O)NCCCCCC(=O)Nc1ccc(S(=O)(=O)Nc2cccc(F)c2)cc1. The van der Waals surface area contributed by atoms with Crippen LogP contribution in [0.15, 0.2) is 53.4 Å². The van der Waals surface area contributed by atoms with E-state index in [1.165, 1.54) is 49.4 Å². The fraction of sp³-hybridized carbons (Fsp3) is 0.300. The third kappa shape index (κ3) is 7.90. The molecule has 0 unspecified atom stereocenters. The molecule has 2 rings (SSSR count). The van der Waals surface area contributed by atoms with Gasteiger partial charge < -0.3 is 10.6 Å². The molecule has 156 valence electrons. The summed E-state index contributed by atoms with van der Waals surface area (Å²) in [5, 5.41) is 5.41. The predicted molar refractivity (Wildman–Crippen MR) is 109 cm³/mol. The Hall–Kier alpha value is -2.94. The average Bonchev–Trinajstić information content (AvgIpc) is 2.64. The molecular formula is C20H24FN3O4S. The van der Waals surface area contributed by atoms with Gasteiger partial charge in [0.05, 0.1) is 10.6 Å². The standard InChI is InChI=1S/C20H24FN3O4S/c1-15(25)22-13-4-2-3-8-20(26)23-17-9-11-19(12-10-17)29(27,28)24-18-7-5-6-16(21)14-18/h5-7,9-12,14,24H,2-4,8,13H2,1H3,(H,22,25)(H,23,26). The molecule has 0 spiro atoms. The Balaban J connectivity index is 1.83. The summed E-state index contributed by atoms with van der Waals surface area (Å²) in [5.41, 5.74) is 0.610. The zero-order chi connectivity index (χ0) is 21.3. The second-order valence-electron chi connectivity index (χ2n) is 6.48. The van der Waals surface area contributed by atoms with E-state index in [1.54, 1.807) is 0 Å². The monoisotopic (exact) mass is 421 g/mol. The number of halogens is 1. The van der Waals surface area contributed by atoms with Gasteiger partial charge in [-0.1, -0.05) is 12.5 Å². The van der Waals surface area contributed by atoms with Crippen LogP contribution in [-0.4, -0.2) is 26.8 Å². The molecule has 0 fully saturated rings. The molecule has 0 atom stereocenters. The van der Waals surface area contributed by atoms with Gasteiger partial charge in [-0.25, -0.2) is 12.8 Å². The molecule has 3 N–H and O–H groups in total. The third-order valence-electron chi connectivity index (χ3n) is 3.98. The molecule has 0 saturated carbocycles. The average molecular weight is 421 g/mol. The van der Waals surface area contributed by atoms with Crippen LogP contribution in [0.2, 0.25) is 0 Å². The number of hydrogen-bond donors (Lipinski definition) is 3. The highest BCUT2D eigenvalue weighted by atomic mass is 32.2. The fourth-order valence-corrected chi connectivity index (χ4v) is 3.61. The minimum atomic E-state index is -3.86.